The molecule has 0 aliphatic heterocycles. The summed E-state index contributed by atoms with van der Waals surface area (Å²) >= 11 is 0. The summed E-state index contributed by atoms with van der Waals surface area (Å²) in [4.78, 5) is 36.5. The molecule has 1 amide bonds. The van der Waals surface area contributed by atoms with Gasteiger partial charge in [-0.05, 0) is 42.3 Å². The SMILES string of the molecule is Cc1ccc(NC(=O)COC(=O)/C(C#N)=C/c2ccc(N(C)C)cc2)c([N+](=O)[O-])c1. The average molecular weight is 408 g/mol. The van der Waals surface area contributed by atoms with Gasteiger partial charge in [-0.1, -0.05) is 18.2 Å². The van der Waals surface area contributed by atoms with Crippen LogP contribution in [-0.2, 0) is 14.3 Å². The summed E-state index contributed by atoms with van der Waals surface area (Å²) in [5, 5.41) is 22.7. The highest BCUT2D eigenvalue weighted by molar-refractivity contribution is 6.00. The van der Waals surface area contributed by atoms with Crippen molar-refractivity contribution < 1.29 is 19.2 Å². The zero-order valence-corrected chi connectivity index (χ0v) is 16.7. The normalized spacial score (nSPS) is 10.7. The van der Waals surface area contributed by atoms with Gasteiger partial charge >= 0.3 is 5.97 Å². The van der Waals surface area contributed by atoms with Gasteiger partial charge < -0.3 is 15.0 Å². The second-order valence-electron chi connectivity index (χ2n) is 6.56. The van der Waals surface area contributed by atoms with Crippen molar-refractivity contribution in [3.8, 4) is 6.07 Å². The van der Waals surface area contributed by atoms with Crippen molar-refractivity contribution in [2.45, 2.75) is 6.92 Å². The Bertz CT molecular complexity index is 1040. The lowest BCUT2D eigenvalue weighted by atomic mass is 10.1. The van der Waals surface area contributed by atoms with E-state index in [9.17, 15) is 25.0 Å². The van der Waals surface area contributed by atoms with Crippen LogP contribution in [0.25, 0.3) is 6.08 Å². The Morgan fingerprint density at radius 3 is 2.47 bits per heavy atom. The molecule has 9 nitrogen and oxygen atoms in total. The molecule has 2 aromatic carbocycles. The van der Waals surface area contributed by atoms with Crippen LogP contribution in [0.1, 0.15) is 11.1 Å². The Labute approximate surface area is 173 Å². The number of benzene rings is 2. The van der Waals surface area contributed by atoms with Crippen molar-refractivity contribution in [3.05, 3.63) is 69.3 Å². The number of anilines is 2. The van der Waals surface area contributed by atoms with Crippen molar-refractivity contribution in [1.82, 2.24) is 0 Å². The van der Waals surface area contributed by atoms with E-state index in [1.807, 2.05) is 31.1 Å². The highest BCUT2D eigenvalue weighted by atomic mass is 16.6. The predicted octanol–water partition coefficient (Wildman–Crippen LogP) is 3.06. The van der Waals surface area contributed by atoms with Gasteiger partial charge in [0.05, 0.1) is 4.92 Å². The minimum Gasteiger partial charge on any atom is -0.451 e. The molecule has 0 bridgehead atoms. The Kier molecular flexibility index (Phi) is 7.25. The molecular formula is C21H20N4O5. The Morgan fingerprint density at radius 1 is 1.23 bits per heavy atom. The van der Waals surface area contributed by atoms with Gasteiger partial charge in [0.2, 0.25) is 0 Å². The van der Waals surface area contributed by atoms with E-state index in [4.69, 9.17) is 4.74 Å². The number of nitro groups is 1. The van der Waals surface area contributed by atoms with E-state index < -0.39 is 23.4 Å². The van der Waals surface area contributed by atoms with E-state index in [-0.39, 0.29) is 16.9 Å². The Morgan fingerprint density at radius 2 is 1.90 bits per heavy atom. The number of nitriles is 1. The number of carbonyl (C=O) groups excluding carboxylic acids is 2. The fourth-order valence-corrected chi connectivity index (χ4v) is 2.47. The summed E-state index contributed by atoms with van der Waals surface area (Å²) in [5.41, 5.74) is 1.68. The molecule has 0 saturated carbocycles. The number of ether oxygens (including phenoxy) is 1. The molecule has 2 rings (SSSR count). The fourth-order valence-electron chi connectivity index (χ4n) is 2.47. The Hall–Kier alpha value is -4.19. The number of nitrogens with one attached hydrogen (secondary N) is 1. The van der Waals surface area contributed by atoms with Crippen molar-refractivity contribution in [3.63, 3.8) is 0 Å². The summed E-state index contributed by atoms with van der Waals surface area (Å²) in [6.07, 6.45) is 1.35. The van der Waals surface area contributed by atoms with E-state index in [1.54, 1.807) is 31.2 Å². The number of aryl methyl sites for hydroxylation is 1. The molecule has 0 unspecified atom stereocenters. The first-order valence-corrected chi connectivity index (χ1v) is 8.82. The molecule has 0 radical (unpaired) electrons. The van der Waals surface area contributed by atoms with Crippen LogP contribution in [-0.4, -0.2) is 37.5 Å². The molecule has 0 fully saturated rings. The summed E-state index contributed by atoms with van der Waals surface area (Å²) in [5.74, 6) is -1.73. The average Bonchev–Trinajstić information content (AvgIpc) is 2.71. The third kappa shape index (κ3) is 5.90. The number of hydrogen-bond acceptors (Lipinski definition) is 7. The minimum absolute atomic E-state index is 0.0105. The number of carbonyl (C=O) groups is 2. The van der Waals surface area contributed by atoms with Crippen molar-refractivity contribution >= 4 is 35.0 Å². The number of nitrogens with zero attached hydrogens (tertiary/aromatic N) is 3. The van der Waals surface area contributed by atoms with Crippen molar-refractivity contribution in [1.29, 1.82) is 5.26 Å². The number of amides is 1. The van der Waals surface area contributed by atoms with E-state index in [0.29, 0.717) is 11.1 Å². The summed E-state index contributed by atoms with van der Waals surface area (Å²) in [7, 11) is 3.78. The van der Waals surface area contributed by atoms with Crippen molar-refractivity contribution in [2.24, 2.45) is 0 Å². The summed E-state index contributed by atoms with van der Waals surface area (Å²) in [6.45, 7) is 0.993. The van der Waals surface area contributed by atoms with Crippen LogP contribution >= 0.6 is 0 Å². The van der Waals surface area contributed by atoms with Crippen LogP contribution in [0.3, 0.4) is 0 Å². The highest BCUT2D eigenvalue weighted by Crippen LogP contribution is 2.25. The third-order valence-corrected chi connectivity index (χ3v) is 4.02. The molecule has 9 heteroatoms. The molecular weight excluding hydrogens is 388 g/mol. The first kappa shape index (κ1) is 22.1. The molecule has 0 aliphatic rings. The van der Waals surface area contributed by atoms with Crippen LogP contribution in [0.15, 0.2) is 48.0 Å². The van der Waals surface area contributed by atoms with Crippen LogP contribution < -0.4 is 10.2 Å². The molecule has 0 aliphatic carbocycles. The number of nitro benzene ring substituents is 1. The fraction of sp³-hybridized carbons (Fsp3) is 0.190. The van der Waals surface area contributed by atoms with Crippen LogP contribution in [0.4, 0.5) is 17.1 Å². The monoisotopic (exact) mass is 408 g/mol. The third-order valence-electron chi connectivity index (χ3n) is 4.02. The zero-order chi connectivity index (χ0) is 22.3. The first-order chi connectivity index (χ1) is 14.2. The van der Waals surface area contributed by atoms with Gasteiger partial charge in [0.25, 0.3) is 11.6 Å². The van der Waals surface area contributed by atoms with E-state index in [0.717, 1.165) is 5.69 Å². The minimum atomic E-state index is -0.970. The van der Waals surface area contributed by atoms with Crippen LogP contribution in [0.5, 0.6) is 0 Å². The first-order valence-electron chi connectivity index (χ1n) is 8.82. The molecule has 0 saturated heterocycles. The lowest BCUT2D eigenvalue weighted by Crippen LogP contribution is -2.21. The van der Waals surface area contributed by atoms with E-state index in [2.05, 4.69) is 5.32 Å². The number of hydrogen-bond donors (Lipinski definition) is 1. The Balaban J connectivity index is 2.02. The molecule has 0 spiro atoms. The molecule has 30 heavy (non-hydrogen) atoms. The lowest BCUT2D eigenvalue weighted by molar-refractivity contribution is -0.384. The molecule has 0 heterocycles. The van der Waals surface area contributed by atoms with Gasteiger partial charge in [0.15, 0.2) is 6.61 Å². The lowest BCUT2D eigenvalue weighted by Gasteiger charge is -2.11. The van der Waals surface area contributed by atoms with Crippen molar-refractivity contribution in [2.75, 3.05) is 30.9 Å². The number of rotatable bonds is 7. The van der Waals surface area contributed by atoms with Crippen LogP contribution in [0, 0.1) is 28.4 Å². The predicted molar refractivity (Wildman–Crippen MR) is 112 cm³/mol. The summed E-state index contributed by atoms with van der Waals surface area (Å²) < 4.78 is 4.87. The van der Waals surface area contributed by atoms with Gasteiger partial charge in [0.1, 0.15) is 17.3 Å². The van der Waals surface area contributed by atoms with E-state index >= 15 is 0 Å². The molecule has 0 atom stereocenters. The standard InChI is InChI=1S/C21H20N4O5/c1-14-4-9-18(19(10-14)25(28)29)23-20(26)13-30-21(27)16(12-22)11-15-5-7-17(8-6-15)24(2)3/h4-11H,13H2,1-3H3,(H,23,26)/b16-11+. The maximum atomic E-state index is 12.1. The molecule has 1 N–H and O–H groups in total. The number of esters is 1. The highest BCUT2D eigenvalue weighted by Gasteiger charge is 2.18. The van der Waals surface area contributed by atoms with Gasteiger partial charge in [-0.15, -0.1) is 0 Å². The second kappa shape index (κ2) is 9.84. The molecule has 2 aromatic rings. The quantitative estimate of drug-likeness (QED) is 0.245. The largest absolute Gasteiger partial charge is 0.451 e. The zero-order valence-electron chi connectivity index (χ0n) is 16.7. The van der Waals surface area contributed by atoms with Gasteiger partial charge in [-0.3, -0.25) is 14.9 Å². The smallest absolute Gasteiger partial charge is 0.349 e. The van der Waals surface area contributed by atoms with Crippen LogP contribution in [0.2, 0.25) is 0 Å². The summed E-state index contributed by atoms with van der Waals surface area (Å²) in [6, 6.07) is 13.2. The molecule has 0 aromatic heterocycles. The maximum Gasteiger partial charge on any atom is 0.349 e. The molecule has 154 valence electrons. The topological polar surface area (TPSA) is 126 Å². The van der Waals surface area contributed by atoms with Gasteiger partial charge in [-0.2, -0.15) is 5.26 Å². The maximum absolute atomic E-state index is 12.1. The van der Waals surface area contributed by atoms with Gasteiger partial charge in [0, 0.05) is 25.8 Å². The van der Waals surface area contributed by atoms with Gasteiger partial charge in [-0.25, -0.2) is 4.79 Å². The van der Waals surface area contributed by atoms with E-state index in [1.165, 1.54) is 18.2 Å². The second-order valence-corrected chi connectivity index (χ2v) is 6.56.